The number of amides is 2. The molecule has 1 fully saturated rings. The minimum absolute atomic E-state index is 0.0296. The van der Waals surface area contributed by atoms with E-state index in [9.17, 15) is 9.59 Å². The van der Waals surface area contributed by atoms with Gasteiger partial charge in [0.25, 0.3) is 0 Å². The molecule has 1 aromatic heterocycles. The maximum Gasteiger partial charge on any atom is 0.225 e. The van der Waals surface area contributed by atoms with E-state index in [4.69, 9.17) is 4.42 Å². The first-order valence-electron chi connectivity index (χ1n) is 7.34. The molecule has 5 nitrogen and oxygen atoms in total. The lowest BCUT2D eigenvalue weighted by molar-refractivity contribution is -0.129. The van der Waals surface area contributed by atoms with Crippen LogP contribution in [0.15, 0.2) is 53.1 Å². The highest BCUT2D eigenvalue weighted by molar-refractivity contribution is 5.89. The summed E-state index contributed by atoms with van der Waals surface area (Å²) in [5.74, 6) is 0.354. The molecule has 2 amide bonds. The largest absolute Gasteiger partial charge is 0.467 e. The summed E-state index contributed by atoms with van der Waals surface area (Å²) in [7, 11) is 0. The number of nitrogens with one attached hydrogen (secondary N) is 1. The van der Waals surface area contributed by atoms with E-state index in [0.717, 1.165) is 5.56 Å². The van der Waals surface area contributed by atoms with Crippen molar-refractivity contribution in [2.24, 2.45) is 5.92 Å². The number of benzene rings is 1. The second kappa shape index (κ2) is 6.47. The molecule has 1 atom stereocenters. The highest BCUT2D eigenvalue weighted by Crippen LogP contribution is 2.20. The fraction of sp³-hybridized carbons (Fsp3) is 0.294. The Bertz CT molecular complexity index is 637. The number of hydrogen-bond donors (Lipinski definition) is 1. The summed E-state index contributed by atoms with van der Waals surface area (Å²) in [4.78, 5) is 25.9. The Morgan fingerprint density at radius 1 is 1.23 bits per heavy atom. The van der Waals surface area contributed by atoms with Crippen LogP contribution in [-0.2, 0) is 22.7 Å². The first-order chi connectivity index (χ1) is 10.7. The van der Waals surface area contributed by atoms with E-state index >= 15 is 0 Å². The molecular weight excluding hydrogens is 280 g/mol. The predicted molar refractivity (Wildman–Crippen MR) is 80.5 cm³/mol. The van der Waals surface area contributed by atoms with Crippen molar-refractivity contribution in [3.63, 3.8) is 0 Å². The average molecular weight is 298 g/mol. The summed E-state index contributed by atoms with van der Waals surface area (Å²) < 4.78 is 5.18. The molecule has 1 saturated heterocycles. The maximum absolute atomic E-state index is 12.2. The van der Waals surface area contributed by atoms with E-state index in [2.05, 4.69) is 5.32 Å². The summed E-state index contributed by atoms with van der Waals surface area (Å²) in [5, 5.41) is 2.82. The Balaban J connectivity index is 1.53. The van der Waals surface area contributed by atoms with E-state index in [1.54, 1.807) is 17.2 Å². The van der Waals surface area contributed by atoms with E-state index in [-0.39, 0.29) is 24.2 Å². The first-order valence-corrected chi connectivity index (χ1v) is 7.34. The van der Waals surface area contributed by atoms with Crippen LogP contribution in [0.5, 0.6) is 0 Å². The van der Waals surface area contributed by atoms with Crippen molar-refractivity contribution in [1.29, 1.82) is 0 Å². The average Bonchev–Trinajstić information content (AvgIpc) is 3.16. The van der Waals surface area contributed by atoms with Gasteiger partial charge in [0.2, 0.25) is 11.8 Å². The van der Waals surface area contributed by atoms with Crippen LogP contribution in [0.2, 0.25) is 0 Å². The summed E-state index contributed by atoms with van der Waals surface area (Å²) >= 11 is 0. The maximum atomic E-state index is 12.2. The second-order valence-electron chi connectivity index (χ2n) is 5.46. The fourth-order valence-electron chi connectivity index (χ4n) is 2.64. The summed E-state index contributed by atoms with van der Waals surface area (Å²) in [6, 6.07) is 13.4. The topological polar surface area (TPSA) is 62.6 Å². The third-order valence-corrected chi connectivity index (χ3v) is 3.82. The van der Waals surface area contributed by atoms with Gasteiger partial charge in [-0.25, -0.2) is 0 Å². The molecule has 1 N–H and O–H groups in total. The molecule has 114 valence electrons. The molecule has 2 heterocycles. The SMILES string of the molecule is O=C(NCc1ccco1)C1CC(=O)N(Cc2ccccc2)C1. The zero-order valence-electron chi connectivity index (χ0n) is 12.2. The standard InChI is InChI=1S/C17H18N2O3/c20-16-9-14(17(21)18-10-15-7-4-8-22-15)12-19(16)11-13-5-2-1-3-6-13/h1-8,14H,9-12H2,(H,18,21). The van der Waals surface area contributed by atoms with E-state index in [1.807, 2.05) is 36.4 Å². The molecule has 5 heteroatoms. The van der Waals surface area contributed by atoms with Gasteiger partial charge in [-0.2, -0.15) is 0 Å². The Kier molecular flexibility index (Phi) is 4.23. The van der Waals surface area contributed by atoms with Crippen molar-refractivity contribution in [2.45, 2.75) is 19.5 Å². The summed E-state index contributed by atoms with van der Waals surface area (Å²) in [5.41, 5.74) is 1.08. The fourth-order valence-corrected chi connectivity index (χ4v) is 2.64. The summed E-state index contributed by atoms with van der Waals surface area (Å²) in [6.07, 6.45) is 1.85. The smallest absolute Gasteiger partial charge is 0.225 e. The van der Waals surface area contributed by atoms with Crippen molar-refractivity contribution in [1.82, 2.24) is 10.2 Å². The van der Waals surface area contributed by atoms with Gasteiger partial charge in [-0.15, -0.1) is 0 Å². The quantitative estimate of drug-likeness (QED) is 0.917. The molecule has 0 bridgehead atoms. The van der Waals surface area contributed by atoms with Crippen molar-refractivity contribution in [2.75, 3.05) is 6.54 Å². The van der Waals surface area contributed by atoms with Gasteiger partial charge in [-0.05, 0) is 17.7 Å². The van der Waals surface area contributed by atoms with Gasteiger partial charge in [0, 0.05) is 19.5 Å². The molecule has 22 heavy (non-hydrogen) atoms. The highest BCUT2D eigenvalue weighted by atomic mass is 16.3. The Hall–Kier alpha value is -2.56. The number of carbonyl (C=O) groups is 2. The van der Waals surface area contributed by atoms with Crippen molar-refractivity contribution in [3.05, 3.63) is 60.1 Å². The lowest BCUT2D eigenvalue weighted by Gasteiger charge is -2.16. The zero-order chi connectivity index (χ0) is 15.4. The second-order valence-corrected chi connectivity index (χ2v) is 5.46. The molecule has 0 spiro atoms. The molecule has 0 radical (unpaired) electrons. The number of rotatable bonds is 5. The lowest BCUT2D eigenvalue weighted by Crippen LogP contribution is -2.32. The first kappa shape index (κ1) is 14.4. The zero-order valence-corrected chi connectivity index (χ0v) is 12.2. The number of carbonyl (C=O) groups excluding carboxylic acids is 2. The van der Waals surface area contributed by atoms with Crippen LogP contribution in [0.4, 0.5) is 0 Å². The third kappa shape index (κ3) is 3.36. The van der Waals surface area contributed by atoms with Gasteiger partial charge in [-0.1, -0.05) is 30.3 Å². The van der Waals surface area contributed by atoms with Crippen LogP contribution in [-0.4, -0.2) is 23.3 Å². The van der Waals surface area contributed by atoms with Gasteiger partial charge < -0.3 is 14.6 Å². The van der Waals surface area contributed by atoms with Crippen LogP contribution in [0.1, 0.15) is 17.7 Å². The van der Waals surface area contributed by atoms with Crippen LogP contribution in [0.25, 0.3) is 0 Å². The Morgan fingerprint density at radius 2 is 2.05 bits per heavy atom. The summed E-state index contributed by atoms with van der Waals surface area (Å²) in [6.45, 7) is 1.38. The molecule has 1 aromatic carbocycles. The van der Waals surface area contributed by atoms with Gasteiger partial charge >= 0.3 is 0 Å². The molecule has 0 saturated carbocycles. The van der Waals surface area contributed by atoms with Crippen molar-refractivity contribution >= 4 is 11.8 Å². The van der Waals surface area contributed by atoms with Crippen LogP contribution in [0, 0.1) is 5.92 Å². The number of likely N-dealkylation sites (tertiary alicyclic amines) is 1. The van der Waals surface area contributed by atoms with Gasteiger partial charge in [0.1, 0.15) is 5.76 Å². The van der Waals surface area contributed by atoms with E-state index in [1.165, 1.54) is 0 Å². The van der Waals surface area contributed by atoms with E-state index in [0.29, 0.717) is 25.4 Å². The number of furan rings is 1. The number of nitrogens with zero attached hydrogens (tertiary/aromatic N) is 1. The number of hydrogen-bond acceptors (Lipinski definition) is 3. The van der Waals surface area contributed by atoms with Gasteiger partial charge in [0.05, 0.1) is 18.7 Å². The van der Waals surface area contributed by atoms with Crippen molar-refractivity contribution < 1.29 is 14.0 Å². The van der Waals surface area contributed by atoms with E-state index < -0.39 is 0 Å². The molecule has 0 aliphatic carbocycles. The molecule has 2 aromatic rings. The lowest BCUT2D eigenvalue weighted by atomic mass is 10.1. The third-order valence-electron chi connectivity index (χ3n) is 3.82. The molecule has 3 rings (SSSR count). The van der Waals surface area contributed by atoms with Gasteiger partial charge in [-0.3, -0.25) is 9.59 Å². The van der Waals surface area contributed by atoms with Gasteiger partial charge in [0.15, 0.2) is 0 Å². The molecule has 1 unspecified atom stereocenters. The van der Waals surface area contributed by atoms with Crippen LogP contribution in [0.3, 0.4) is 0 Å². The normalized spacial score (nSPS) is 17.7. The highest BCUT2D eigenvalue weighted by Gasteiger charge is 2.34. The van der Waals surface area contributed by atoms with Crippen molar-refractivity contribution in [3.8, 4) is 0 Å². The van der Waals surface area contributed by atoms with Crippen LogP contribution < -0.4 is 5.32 Å². The molecule has 1 aliphatic rings. The molecular formula is C17H18N2O3. The Morgan fingerprint density at radius 3 is 2.77 bits per heavy atom. The molecule has 1 aliphatic heterocycles. The Labute approximate surface area is 128 Å². The minimum Gasteiger partial charge on any atom is -0.467 e. The monoisotopic (exact) mass is 298 g/mol. The minimum atomic E-state index is -0.286. The van der Waals surface area contributed by atoms with Crippen LogP contribution >= 0.6 is 0 Å². The predicted octanol–water partition coefficient (Wildman–Crippen LogP) is 1.94.